The van der Waals surface area contributed by atoms with Crippen molar-refractivity contribution in [2.75, 3.05) is 12.4 Å². The van der Waals surface area contributed by atoms with E-state index < -0.39 is 0 Å². The Bertz CT molecular complexity index is 575. The maximum atomic E-state index is 5.42. The highest BCUT2D eigenvalue weighted by Crippen LogP contribution is 2.26. The number of hydrogen-bond donors (Lipinski definition) is 1. The number of hydrogen-bond acceptors (Lipinski definition) is 6. The van der Waals surface area contributed by atoms with Crippen LogP contribution in [-0.4, -0.2) is 27.1 Å². The monoisotopic (exact) mass is 295 g/mol. The Morgan fingerprint density at radius 2 is 2.10 bits per heavy atom. The summed E-state index contributed by atoms with van der Waals surface area (Å²) in [5, 5.41) is 18.0. The van der Waals surface area contributed by atoms with E-state index >= 15 is 0 Å². The van der Waals surface area contributed by atoms with Gasteiger partial charge in [-0.3, -0.25) is 0 Å². The molecule has 0 aliphatic rings. The van der Waals surface area contributed by atoms with Crippen LogP contribution in [0.1, 0.15) is 43.0 Å². The van der Waals surface area contributed by atoms with Gasteiger partial charge in [-0.15, -0.1) is 10.2 Å². The quantitative estimate of drug-likeness (QED) is 0.887. The smallest absolute Gasteiger partial charge is 0.216 e. The van der Waals surface area contributed by atoms with Crippen LogP contribution < -0.4 is 10.1 Å². The summed E-state index contributed by atoms with van der Waals surface area (Å²) >= 11 is 1.59. The van der Waals surface area contributed by atoms with E-state index in [9.17, 15) is 0 Å². The van der Waals surface area contributed by atoms with Crippen LogP contribution in [-0.2, 0) is 20.0 Å². The molecule has 20 heavy (non-hydrogen) atoms. The Morgan fingerprint density at radius 1 is 1.35 bits per heavy atom. The van der Waals surface area contributed by atoms with E-state index in [0.29, 0.717) is 12.5 Å². The average Bonchev–Trinajstić information content (AvgIpc) is 3.00. The highest BCUT2D eigenvalue weighted by molar-refractivity contribution is 7.15. The SMILES string of the molecule is CCc1nn(C)c(OC)c1CNc1nnc(C(C)C)s1. The van der Waals surface area contributed by atoms with E-state index in [-0.39, 0.29) is 0 Å². The molecule has 2 rings (SSSR count). The first-order valence-corrected chi connectivity index (χ1v) is 7.54. The van der Waals surface area contributed by atoms with E-state index in [1.807, 2.05) is 7.05 Å². The molecule has 0 aliphatic carbocycles. The van der Waals surface area contributed by atoms with Crippen molar-refractivity contribution in [1.29, 1.82) is 0 Å². The maximum absolute atomic E-state index is 5.42. The Labute approximate surface area is 123 Å². The first-order chi connectivity index (χ1) is 9.56. The second-order valence-electron chi connectivity index (χ2n) is 4.87. The predicted molar refractivity (Wildman–Crippen MR) is 80.5 cm³/mol. The molecule has 0 fully saturated rings. The summed E-state index contributed by atoms with van der Waals surface area (Å²) in [7, 11) is 3.56. The first-order valence-electron chi connectivity index (χ1n) is 6.72. The highest BCUT2D eigenvalue weighted by Gasteiger charge is 2.16. The van der Waals surface area contributed by atoms with Gasteiger partial charge in [0.15, 0.2) is 0 Å². The van der Waals surface area contributed by atoms with Crippen molar-refractivity contribution in [1.82, 2.24) is 20.0 Å². The lowest BCUT2D eigenvalue weighted by molar-refractivity contribution is 0.370. The van der Waals surface area contributed by atoms with Crippen molar-refractivity contribution in [2.24, 2.45) is 7.05 Å². The van der Waals surface area contributed by atoms with E-state index in [4.69, 9.17) is 4.74 Å². The topological polar surface area (TPSA) is 64.9 Å². The zero-order chi connectivity index (χ0) is 14.7. The van der Waals surface area contributed by atoms with Crippen LogP contribution in [0.4, 0.5) is 5.13 Å². The third-order valence-corrected chi connectivity index (χ3v) is 4.23. The van der Waals surface area contributed by atoms with Crippen LogP contribution >= 0.6 is 11.3 Å². The van der Waals surface area contributed by atoms with E-state index in [1.165, 1.54) is 0 Å². The molecule has 1 N–H and O–H groups in total. The Morgan fingerprint density at radius 3 is 2.65 bits per heavy atom. The second-order valence-corrected chi connectivity index (χ2v) is 5.87. The number of ether oxygens (including phenoxy) is 1. The number of rotatable bonds is 6. The lowest BCUT2D eigenvalue weighted by Crippen LogP contribution is -2.03. The molecule has 0 amide bonds. The summed E-state index contributed by atoms with van der Waals surface area (Å²) < 4.78 is 7.19. The standard InChI is InChI=1S/C13H21N5OS/c1-6-10-9(12(19-5)18(4)17-10)7-14-13-16-15-11(20-13)8(2)3/h8H,6-7H2,1-5H3,(H,14,16). The third kappa shape index (κ3) is 2.92. The van der Waals surface area contributed by atoms with Gasteiger partial charge in [-0.05, 0) is 6.42 Å². The first kappa shape index (κ1) is 14.8. The van der Waals surface area contributed by atoms with Crippen LogP contribution in [0.15, 0.2) is 0 Å². The Balaban J connectivity index is 2.13. The van der Waals surface area contributed by atoms with Gasteiger partial charge in [-0.25, -0.2) is 4.68 Å². The number of aromatic nitrogens is 4. The van der Waals surface area contributed by atoms with Gasteiger partial charge >= 0.3 is 0 Å². The summed E-state index contributed by atoms with van der Waals surface area (Å²) in [4.78, 5) is 0. The van der Waals surface area contributed by atoms with E-state index in [1.54, 1.807) is 23.1 Å². The fraction of sp³-hybridized carbons (Fsp3) is 0.615. The van der Waals surface area contributed by atoms with Gasteiger partial charge in [0.25, 0.3) is 0 Å². The van der Waals surface area contributed by atoms with Crippen molar-refractivity contribution < 1.29 is 4.74 Å². The van der Waals surface area contributed by atoms with Gasteiger partial charge in [0.2, 0.25) is 11.0 Å². The molecule has 0 saturated heterocycles. The summed E-state index contributed by atoms with van der Waals surface area (Å²) in [6.07, 6.45) is 0.877. The van der Waals surface area contributed by atoms with Crippen LogP contribution in [0.2, 0.25) is 0 Å². The van der Waals surface area contributed by atoms with Gasteiger partial charge in [-0.2, -0.15) is 5.10 Å². The molecule has 6 nitrogen and oxygen atoms in total. The minimum Gasteiger partial charge on any atom is -0.481 e. The van der Waals surface area contributed by atoms with Crippen LogP contribution in [0, 0.1) is 0 Å². The second kappa shape index (κ2) is 6.21. The molecule has 2 aromatic heterocycles. The van der Waals surface area contributed by atoms with Crippen LogP contribution in [0.5, 0.6) is 5.88 Å². The minimum atomic E-state index is 0.405. The van der Waals surface area contributed by atoms with Crippen LogP contribution in [0.3, 0.4) is 0 Å². The van der Waals surface area contributed by atoms with Crippen molar-refractivity contribution in [3.8, 4) is 5.88 Å². The van der Waals surface area contributed by atoms with Crippen molar-refractivity contribution in [2.45, 2.75) is 39.7 Å². The fourth-order valence-corrected chi connectivity index (χ4v) is 2.77. The van der Waals surface area contributed by atoms with Gasteiger partial charge in [0.1, 0.15) is 5.01 Å². The van der Waals surface area contributed by atoms with Crippen molar-refractivity contribution in [3.63, 3.8) is 0 Å². The minimum absolute atomic E-state index is 0.405. The Kier molecular flexibility index (Phi) is 4.59. The molecule has 110 valence electrons. The summed E-state index contributed by atoms with van der Waals surface area (Å²) in [5.74, 6) is 1.20. The number of anilines is 1. The average molecular weight is 295 g/mol. The largest absolute Gasteiger partial charge is 0.481 e. The van der Waals surface area contributed by atoms with Crippen molar-refractivity contribution in [3.05, 3.63) is 16.3 Å². The van der Waals surface area contributed by atoms with E-state index in [2.05, 4.69) is 41.4 Å². The molecular weight excluding hydrogens is 274 g/mol. The summed E-state index contributed by atoms with van der Waals surface area (Å²) in [6, 6.07) is 0. The van der Waals surface area contributed by atoms with Gasteiger partial charge < -0.3 is 10.1 Å². The van der Waals surface area contributed by atoms with Gasteiger partial charge in [-0.1, -0.05) is 32.1 Å². The van der Waals surface area contributed by atoms with Crippen LogP contribution in [0.25, 0.3) is 0 Å². The zero-order valence-corrected chi connectivity index (χ0v) is 13.4. The molecule has 0 aromatic carbocycles. The lowest BCUT2D eigenvalue weighted by atomic mass is 10.2. The molecule has 0 spiro atoms. The molecular formula is C13H21N5OS. The molecule has 7 heteroatoms. The Hall–Kier alpha value is -1.63. The highest BCUT2D eigenvalue weighted by atomic mass is 32.1. The number of nitrogens with zero attached hydrogens (tertiary/aromatic N) is 4. The maximum Gasteiger partial charge on any atom is 0.216 e. The molecule has 2 heterocycles. The van der Waals surface area contributed by atoms with E-state index in [0.717, 1.165) is 33.7 Å². The molecule has 0 unspecified atom stereocenters. The molecule has 0 radical (unpaired) electrons. The van der Waals surface area contributed by atoms with Gasteiger partial charge in [0.05, 0.1) is 18.4 Å². The number of aryl methyl sites for hydroxylation is 2. The zero-order valence-electron chi connectivity index (χ0n) is 12.6. The molecule has 0 bridgehead atoms. The number of methoxy groups -OCH3 is 1. The summed E-state index contributed by atoms with van der Waals surface area (Å²) in [5.41, 5.74) is 2.13. The molecule has 0 atom stereocenters. The normalized spacial score (nSPS) is 11.1. The van der Waals surface area contributed by atoms with Gasteiger partial charge in [0, 0.05) is 19.5 Å². The third-order valence-electron chi connectivity index (χ3n) is 3.05. The predicted octanol–water partition coefficient (Wildman–Crippen LogP) is 2.58. The number of nitrogens with one attached hydrogen (secondary N) is 1. The fourth-order valence-electron chi connectivity index (χ4n) is 2.03. The molecule has 0 saturated carbocycles. The molecule has 2 aromatic rings. The summed E-state index contributed by atoms with van der Waals surface area (Å²) in [6.45, 7) is 6.97. The lowest BCUT2D eigenvalue weighted by Gasteiger charge is -2.05. The van der Waals surface area contributed by atoms with Crippen molar-refractivity contribution >= 4 is 16.5 Å². The molecule has 0 aliphatic heterocycles.